The van der Waals surface area contributed by atoms with Crippen molar-refractivity contribution < 1.29 is 0 Å². The van der Waals surface area contributed by atoms with E-state index < -0.39 is 0 Å². The number of nitrogens with two attached hydrogens (primary N) is 1. The zero-order chi connectivity index (χ0) is 11.2. The third-order valence-electron chi connectivity index (χ3n) is 5.05. The van der Waals surface area contributed by atoms with Crippen LogP contribution in [0.5, 0.6) is 0 Å². The molecule has 4 unspecified atom stereocenters. The van der Waals surface area contributed by atoms with Gasteiger partial charge in [-0.25, -0.2) is 0 Å². The van der Waals surface area contributed by atoms with E-state index in [9.17, 15) is 0 Å². The number of fused-ring (bicyclic) bond motifs is 1. The number of nitrogens with zero attached hydrogens (tertiary/aromatic N) is 1. The molecule has 1 aliphatic carbocycles. The molecule has 2 aliphatic heterocycles. The van der Waals surface area contributed by atoms with Crippen LogP contribution >= 0.6 is 24.8 Å². The molecule has 0 aromatic carbocycles. The lowest BCUT2D eigenvalue weighted by Gasteiger charge is -2.29. The van der Waals surface area contributed by atoms with Crippen LogP contribution in [-0.4, -0.2) is 43.7 Å². The second kappa shape index (κ2) is 6.27. The van der Waals surface area contributed by atoms with Crippen molar-refractivity contribution in [1.29, 1.82) is 0 Å². The monoisotopic (exact) mass is 295 g/mol. The third-order valence-corrected chi connectivity index (χ3v) is 5.05. The molecular formula is C13H27Cl2N3. The zero-order valence-electron chi connectivity index (χ0n) is 11.2. The van der Waals surface area contributed by atoms with Crippen LogP contribution in [0.25, 0.3) is 0 Å². The van der Waals surface area contributed by atoms with Gasteiger partial charge in [0.1, 0.15) is 0 Å². The van der Waals surface area contributed by atoms with Gasteiger partial charge in [-0.05, 0) is 43.1 Å². The molecule has 3 rings (SSSR count). The van der Waals surface area contributed by atoms with Gasteiger partial charge < -0.3 is 16.0 Å². The Morgan fingerprint density at radius 1 is 1.28 bits per heavy atom. The van der Waals surface area contributed by atoms with Gasteiger partial charge in [-0.1, -0.05) is 6.92 Å². The van der Waals surface area contributed by atoms with Crippen LogP contribution in [0, 0.1) is 17.3 Å². The molecule has 3 fully saturated rings. The van der Waals surface area contributed by atoms with Gasteiger partial charge in [-0.3, -0.25) is 0 Å². The smallest absolute Gasteiger partial charge is 0.00826 e. The normalized spacial score (nSPS) is 43.3. The highest BCUT2D eigenvalue weighted by Gasteiger charge is 2.42. The maximum absolute atomic E-state index is 6.18. The fourth-order valence-electron chi connectivity index (χ4n) is 4.07. The maximum atomic E-state index is 6.18. The Morgan fingerprint density at radius 2 is 2.06 bits per heavy atom. The van der Waals surface area contributed by atoms with Crippen molar-refractivity contribution in [3.8, 4) is 0 Å². The lowest BCUT2D eigenvalue weighted by Crippen LogP contribution is -2.38. The number of nitrogens with one attached hydrogen (secondary N) is 1. The molecule has 2 saturated heterocycles. The zero-order valence-corrected chi connectivity index (χ0v) is 12.9. The van der Waals surface area contributed by atoms with E-state index in [0.717, 1.165) is 11.8 Å². The van der Waals surface area contributed by atoms with Gasteiger partial charge >= 0.3 is 0 Å². The summed E-state index contributed by atoms with van der Waals surface area (Å²) in [6.45, 7) is 8.69. The SMILES string of the molecule is CC1(CN2CC3CCC(N)C3C2)CCNC1.Cl.Cl. The molecule has 0 spiro atoms. The summed E-state index contributed by atoms with van der Waals surface area (Å²) in [6.07, 6.45) is 3.98. The van der Waals surface area contributed by atoms with Crippen molar-refractivity contribution in [2.45, 2.75) is 32.2 Å². The molecule has 3 aliphatic rings. The Labute approximate surface area is 123 Å². The highest BCUT2D eigenvalue weighted by molar-refractivity contribution is 5.85. The van der Waals surface area contributed by atoms with Gasteiger partial charge in [0, 0.05) is 32.2 Å². The van der Waals surface area contributed by atoms with E-state index in [1.165, 1.54) is 52.0 Å². The molecule has 108 valence electrons. The fraction of sp³-hybridized carbons (Fsp3) is 1.00. The Balaban J connectivity index is 0.000000810. The van der Waals surface area contributed by atoms with Crippen LogP contribution in [0.1, 0.15) is 26.2 Å². The van der Waals surface area contributed by atoms with Crippen LogP contribution in [0.15, 0.2) is 0 Å². The first-order valence-corrected chi connectivity index (χ1v) is 6.85. The molecular weight excluding hydrogens is 269 g/mol. The number of hydrogen-bond donors (Lipinski definition) is 2. The van der Waals surface area contributed by atoms with Crippen molar-refractivity contribution in [2.75, 3.05) is 32.7 Å². The fourth-order valence-corrected chi connectivity index (χ4v) is 4.07. The minimum absolute atomic E-state index is 0. The quantitative estimate of drug-likeness (QED) is 0.811. The predicted octanol–water partition coefficient (Wildman–Crippen LogP) is 1.50. The second-order valence-electron chi connectivity index (χ2n) is 6.60. The Bertz CT molecular complexity index is 269. The first kappa shape index (κ1) is 16.5. The largest absolute Gasteiger partial charge is 0.327 e. The molecule has 3 nitrogen and oxygen atoms in total. The molecule has 0 radical (unpaired) electrons. The van der Waals surface area contributed by atoms with Gasteiger partial charge in [0.2, 0.25) is 0 Å². The highest BCUT2D eigenvalue weighted by Crippen LogP contribution is 2.38. The van der Waals surface area contributed by atoms with Crippen molar-refractivity contribution in [1.82, 2.24) is 10.2 Å². The minimum atomic E-state index is 0. The molecule has 2 heterocycles. The van der Waals surface area contributed by atoms with Gasteiger partial charge in [-0.2, -0.15) is 0 Å². The Kier molecular flexibility index (Phi) is 5.76. The summed E-state index contributed by atoms with van der Waals surface area (Å²) in [6, 6.07) is 0.490. The molecule has 0 amide bonds. The van der Waals surface area contributed by atoms with Crippen molar-refractivity contribution >= 4 is 24.8 Å². The molecule has 0 aromatic heterocycles. The average molecular weight is 296 g/mol. The van der Waals surface area contributed by atoms with E-state index in [2.05, 4.69) is 17.1 Å². The molecule has 0 aromatic rings. The molecule has 1 saturated carbocycles. The first-order chi connectivity index (χ1) is 7.66. The summed E-state index contributed by atoms with van der Waals surface area (Å²) in [5, 5.41) is 3.49. The summed E-state index contributed by atoms with van der Waals surface area (Å²) in [5.41, 5.74) is 6.70. The third kappa shape index (κ3) is 3.13. The summed E-state index contributed by atoms with van der Waals surface area (Å²) in [7, 11) is 0. The van der Waals surface area contributed by atoms with E-state index >= 15 is 0 Å². The summed E-state index contributed by atoms with van der Waals surface area (Å²) in [5.74, 6) is 1.71. The van der Waals surface area contributed by atoms with E-state index in [1.54, 1.807) is 0 Å². The van der Waals surface area contributed by atoms with Crippen LogP contribution in [0.3, 0.4) is 0 Å². The average Bonchev–Trinajstić information content (AvgIpc) is 2.88. The second-order valence-corrected chi connectivity index (χ2v) is 6.60. The van der Waals surface area contributed by atoms with Crippen molar-refractivity contribution in [3.05, 3.63) is 0 Å². The number of hydrogen-bond acceptors (Lipinski definition) is 3. The number of halogens is 2. The van der Waals surface area contributed by atoms with E-state index in [0.29, 0.717) is 11.5 Å². The summed E-state index contributed by atoms with van der Waals surface area (Å²) < 4.78 is 0. The molecule has 0 bridgehead atoms. The van der Waals surface area contributed by atoms with E-state index in [4.69, 9.17) is 5.73 Å². The summed E-state index contributed by atoms with van der Waals surface area (Å²) in [4.78, 5) is 2.68. The van der Waals surface area contributed by atoms with Gasteiger partial charge in [-0.15, -0.1) is 24.8 Å². The van der Waals surface area contributed by atoms with Crippen LogP contribution < -0.4 is 11.1 Å². The van der Waals surface area contributed by atoms with Gasteiger partial charge in [0.05, 0.1) is 0 Å². The van der Waals surface area contributed by atoms with Crippen molar-refractivity contribution in [2.24, 2.45) is 23.0 Å². The molecule has 18 heavy (non-hydrogen) atoms. The van der Waals surface area contributed by atoms with Crippen LogP contribution in [0.4, 0.5) is 0 Å². The lowest BCUT2D eigenvalue weighted by molar-refractivity contribution is 0.196. The van der Waals surface area contributed by atoms with Crippen LogP contribution in [-0.2, 0) is 0 Å². The van der Waals surface area contributed by atoms with E-state index in [-0.39, 0.29) is 24.8 Å². The van der Waals surface area contributed by atoms with Gasteiger partial charge in [0.15, 0.2) is 0 Å². The highest BCUT2D eigenvalue weighted by atomic mass is 35.5. The Morgan fingerprint density at radius 3 is 2.67 bits per heavy atom. The molecule has 4 atom stereocenters. The van der Waals surface area contributed by atoms with E-state index in [1.807, 2.05) is 0 Å². The topological polar surface area (TPSA) is 41.3 Å². The first-order valence-electron chi connectivity index (χ1n) is 6.85. The maximum Gasteiger partial charge on any atom is 0.00826 e. The number of rotatable bonds is 2. The lowest BCUT2D eigenvalue weighted by atomic mass is 9.89. The standard InChI is InChI=1S/C13H25N3.2ClH/c1-13(4-5-15-8-13)9-16-6-10-2-3-12(14)11(10)7-16;;/h10-12,15H,2-9,14H2,1H3;2*1H. The predicted molar refractivity (Wildman–Crippen MR) is 80.7 cm³/mol. The number of likely N-dealkylation sites (tertiary alicyclic amines) is 1. The molecule has 3 N–H and O–H groups in total. The van der Waals surface area contributed by atoms with Crippen molar-refractivity contribution in [3.63, 3.8) is 0 Å². The Hall–Kier alpha value is 0.460. The molecule has 5 heteroatoms. The van der Waals surface area contributed by atoms with Crippen LogP contribution in [0.2, 0.25) is 0 Å². The summed E-state index contributed by atoms with van der Waals surface area (Å²) >= 11 is 0. The minimum Gasteiger partial charge on any atom is -0.327 e. The van der Waals surface area contributed by atoms with Gasteiger partial charge in [0.25, 0.3) is 0 Å².